The molecule has 0 saturated heterocycles. The van der Waals surface area contributed by atoms with Crippen LogP contribution in [0.1, 0.15) is 42.1 Å². The monoisotopic (exact) mass is 448 g/mol. The zero-order valence-corrected chi connectivity index (χ0v) is 19.9. The van der Waals surface area contributed by atoms with E-state index < -0.39 is 0 Å². The zero-order chi connectivity index (χ0) is 23.4. The Labute approximate surface area is 195 Å². The second kappa shape index (κ2) is 10.2. The summed E-state index contributed by atoms with van der Waals surface area (Å²) in [4.78, 5) is 17.1. The van der Waals surface area contributed by atoms with Gasteiger partial charge in [-0.05, 0) is 56.5 Å². The van der Waals surface area contributed by atoms with Gasteiger partial charge in [0.1, 0.15) is 19.0 Å². The van der Waals surface area contributed by atoms with Crippen LogP contribution < -0.4 is 14.9 Å². The van der Waals surface area contributed by atoms with Crippen LogP contribution in [-0.4, -0.2) is 29.4 Å². The van der Waals surface area contributed by atoms with Crippen molar-refractivity contribution in [1.82, 2.24) is 9.55 Å². The number of fused-ring (bicyclic) bond motifs is 3. The summed E-state index contributed by atoms with van der Waals surface area (Å²) in [5.41, 5.74) is 5.91. The van der Waals surface area contributed by atoms with Crippen LogP contribution in [0.25, 0.3) is 11.3 Å². The molecule has 1 aromatic carbocycles. The molecule has 33 heavy (non-hydrogen) atoms. The third-order valence-corrected chi connectivity index (χ3v) is 6.19. The fourth-order valence-electron chi connectivity index (χ4n) is 4.27. The standard InChI is InChI=1S/C27H32N2O4/c1-5-6-23(31-4)17-33-26-14-25(30)19(3)27-24-10-9-22(13-21(24)11-12-29(26)27)32-16-20-8-7-18(2)28-15-20/h7-10,13-15,23H,5-6,11-12,16-17H2,1-4H3. The van der Waals surface area contributed by atoms with E-state index in [4.69, 9.17) is 14.2 Å². The molecule has 6 heteroatoms. The Hall–Kier alpha value is -3.12. The van der Waals surface area contributed by atoms with Gasteiger partial charge in [-0.3, -0.25) is 9.78 Å². The van der Waals surface area contributed by atoms with Crippen LogP contribution in [-0.2, 0) is 24.3 Å². The molecular formula is C27H32N2O4. The molecule has 1 unspecified atom stereocenters. The Morgan fingerprint density at radius 2 is 1.97 bits per heavy atom. The Balaban J connectivity index is 1.58. The molecule has 3 heterocycles. The molecular weight excluding hydrogens is 416 g/mol. The molecule has 174 valence electrons. The number of rotatable bonds is 9. The molecule has 0 radical (unpaired) electrons. The number of methoxy groups -OCH3 is 1. The van der Waals surface area contributed by atoms with Gasteiger partial charge in [0, 0.05) is 48.3 Å². The SMILES string of the molecule is CCCC(COc1cc(=O)c(C)c2n1CCc1cc(OCc3ccc(C)nc3)ccc1-2)OC. The van der Waals surface area contributed by atoms with Crippen molar-refractivity contribution in [2.45, 2.75) is 59.3 Å². The van der Waals surface area contributed by atoms with Gasteiger partial charge >= 0.3 is 0 Å². The molecule has 0 amide bonds. The number of aryl methyl sites for hydroxylation is 2. The number of hydrogen-bond donors (Lipinski definition) is 0. The fraction of sp³-hybridized carbons (Fsp3) is 0.407. The molecule has 0 N–H and O–H groups in total. The maximum Gasteiger partial charge on any atom is 0.197 e. The molecule has 6 nitrogen and oxygen atoms in total. The first-order chi connectivity index (χ1) is 16.0. The van der Waals surface area contributed by atoms with Crippen molar-refractivity contribution in [2.75, 3.05) is 13.7 Å². The van der Waals surface area contributed by atoms with Gasteiger partial charge in [-0.1, -0.05) is 19.4 Å². The number of ether oxygens (including phenoxy) is 3. The Kier molecular flexibility index (Phi) is 7.14. The van der Waals surface area contributed by atoms with Gasteiger partial charge in [0.15, 0.2) is 11.3 Å². The largest absolute Gasteiger partial charge is 0.489 e. The third-order valence-electron chi connectivity index (χ3n) is 6.19. The van der Waals surface area contributed by atoms with E-state index in [0.29, 0.717) is 19.1 Å². The van der Waals surface area contributed by atoms with E-state index in [0.717, 1.165) is 59.6 Å². The highest BCUT2D eigenvalue weighted by atomic mass is 16.5. The quantitative estimate of drug-likeness (QED) is 0.468. The predicted octanol–water partition coefficient (Wildman–Crippen LogP) is 4.86. The Bertz CT molecular complexity index is 1170. The van der Waals surface area contributed by atoms with E-state index in [9.17, 15) is 4.79 Å². The molecule has 0 bridgehead atoms. The van der Waals surface area contributed by atoms with Crippen LogP contribution in [0.2, 0.25) is 0 Å². The molecule has 2 aromatic heterocycles. The first-order valence-corrected chi connectivity index (χ1v) is 11.6. The molecule has 0 saturated carbocycles. The summed E-state index contributed by atoms with van der Waals surface area (Å²) in [6, 6.07) is 11.7. The maximum atomic E-state index is 12.8. The first kappa shape index (κ1) is 23.1. The minimum Gasteiger partial charge on any atom is -0.489 e. The molecule has 1 aliphatic rings. The number of hydrogen-bond acceptors (Lipinski definition) is 5. The van der Waals surface area contributed by atoms with Crippen molar-refractivity contribution in [3.63, 3.8) is 0 Å². The summed E-state index contributed by atoms with van der Waals surface area (Å²) in [5.74, 6) is 1.43. The third kappa shape index (κ3) is 5.11. The van der Waals surface area contributed by atoms with Crippen LogP contribution in [0.15, 0.2) is 47.4 Å². The van der Waals surface area contributed by atoms with Crippen molar-refractivity contribution in [3.05, 3.63) is 75.2 Å². The van der Waals surface area contributed by atoms with Crippen LogP contribution >= 0.6 is 0 Å². The summed E-state index contributed by atoms with van der Waals surface area (Å²) in [7, 11) is 1.70. The fourth-order valence-corrected chi connectivity index (χ4v) is 4.27. The number of pyridine rings is 2. The van der Waals surface area contributed by atoms with Crippen LogP contribution in [0.3, 0.4) is 0 Å². The summed E-state index contributed by atoms with van der Waals surface area (Å²) in [5, 5.41) is 0. The average molecular weight is 449 g/mol. The van der Waals surface area contributed by atoms with Gasteiger partial charge in [-0.15, -0.1) is 0 Å². The molecule has 1 aliphatic heterocycles. The first-order valence-electron chi connectivity index (χ1n) is 11.6. The second-order valence-electron chi connectivity index (χ2n) is 8.59. The Morgan fingerprint density at radius 1 is 1.12 bits per heavy atom. The highest BCUT2D eigenvalue weighted by Gasteiger charge is 2.23. The number of nitrogens with zero attached hydrogens (tertiary/aromatic N) is 2. The average Bonchev–Trinajstić information content (AvgIpc) is 2.83. The molecule has 0 fully saturated rings. The molecule has 3 aromatic rings. The van der Waals surface area contributed by atoms with Gasteiger partial charge in [0.05, 0.1) is 11.8 Å². The highest BCUT2D eigenvalue weighted by Crippen LogP contribution is 2.35. The topological polar surface area (TPSA) is 62.6 Å². The van der Waals surface area contributed by atoms with Gasteiger partial charge < -0.3 is 18.8 Å². The summed E-state index contributed by atoms with van der Waals surface area (Å²) in [6.07, 6.45) is 4.64. The second-order valence-corrected chi connectivity index (χ2v) is 8.59. The number of benzene rings is 1. The highest BCUT2D eigenvalue weighted by molar-refractivity contribution is 5.70. The minimum atomic E-state index is -0.0132. The van der Waals surface area contributed by atoms with Crippen molar-refractivity contribution in [1.29, 1.82) is 0 Å². The summed E-state index contributed by atoms with van der Waals surface area (Å²) >= 11 is 0. The van der Waals surface area contributed by atoms with E-state index >= 15 is 0 Å². The zero-order valence-electron chi connectivity index (χ0n) is 19.9. The predicted molar refractivity (Wildman–Crippen MR) is 129 cm³/mol. The summed E-state index contributed by atoms with van der Waals surface area (Å²) < 4.78 is 19.7. The smallest absolute Gasteiger partial charge is 0.197 e. The minimum absolute atomic E-state index is 0.0132. The maximum absolute atomic E-state index is 12.8. The molecule has 4 rings (SSSR count). The molecule has 0 aliphatic carbocycles. The van der Waals surface area contributed by atoms with E-state index in [1.54, 1.807) is 13.2 Å². The van der Waals surface area contributed by atoms with Gasteiger partial charge in [0.2, 0.25) is 0 Å². The van der Waals surface area contributed by atoms with E-state index in [1.165, 1.54) is 5.56 Å². The van der Waals surface area contributed by atoms with Crippen LogP contribution in [0.4, 0.5) is 0 Å². The van der Waals surface area contributed by atoms with Crippen molar-refractivity contribution >= 4 is 0 Å². The van der Waals surface area contributed by atoms with E-state index in [2.05, 4.69) is 22.5 Å². The lowest BCUT2D eigenvalue weighted by Crippen LogP contribution is -2.25. The van der Waals surface area contributed by atoms with Crippen molar-refractivity contribution in [3.8, 4) is 22.9 Å². The summed E-state index contributed by atoms with van der Waals surface area (Å²) in [6.45, 7) is 7.62. The van der Waals surface area contributed by atoms with E-state index in [1.807, 2.05) is 44.3 Å². The lowest BCUT2D eigenvalue weighted by molar-refractivity contribution is 0.0484. The van der Waals surface area contributed by atoms with Gasteiger partial charge in [-0.2, -0.15) is 0 Å². The van der Waals surface area contributed by atoms with Crippen LogP contribution in [0, 0.1) is 13.8 Å². The van der Waals surface area contributed by atoms with Gasteiger partial charge in [0.25, 0.3) is 0 Å². The molecule has 1 atom stereocenters. The normalized spacial score (nSPS) is 13.2. The van der Waals surface area contributed by atoms with Gasteiger partial charge in [-0.25, -0.2) is 0 Å². The lowest BCUT2D eigenvalue weighted by Gasteiger charge is -2.27. The molecule has 0 spiro atoms. The van der Waals surface area contributed by atoms with Crippen molar-refractivity contribution in [2.24, 2.45) is 0 Å². The van der Waals surface area contributed by atoms with E-state index in [-0.39, 0.29) is 11.5 Å². The Morgan fingerprint density at radius 3 is 2.70 bits per heavy atom. The van der Waals surface area contributed by atoms with Crippen LogP contribution in [0.5, 0.6) is 11.6 Å². The van der Waals surface area contributed by atoms with Crippen molar-refractivity contribution < 1.29 is 14.2 Å². The lowest BCUT2D eigenvalue weighted by atomic mass is 9.94. The number of aromatic nitrogens is 2.